The van der Waals surface area contributed by atoms with Crippen molar-refractivity contribution in [3.63, 3.8) is 0 Å². The van der Waals surface area contributed by atoms with Crippen LogP contribution < -0.4 is 4.57 Å². The molecule has 1 heteroatoms. The van der Waals surface area contributed by atoms with Crippen LogP contribution in [-0.4, -0.2) is 0 Å². The van der Waals surface area contributed by atoms with Gasteiger partial charge in [-0.25, -0.2) is 4.57 Å². The minimum Gasteiger partial charge on any atom is -0.205 e. The van der Waals surface area contributed by atoms with Crippen molar-refractivity contribution in [1.82, 2.24) is 0 Å². The molecule has 0 unspecified atom stereocenters. The number of hydrogen-bond acceptors (Lipinski definition) is 0. The molecular weight excluding hydrogens is 374 g/mol. The van der Waals surface area contributed by atoms with Gasteiger partial charge in [0.2, 0.25) is 0 Å². The molecule has 0 aliphatic heterocycles. The number of nitrogens with zero attached hydrogens (tertiary/aromatic N) is 1. The first kappa shape index (κ1) is 28.2. The predicted octanol–water partition coefficient (Wildman–Crippen LogP) is 9.75. The Morgan fingerprint density at radius 3 is 1.42 bits per heavy atom. The molecule has 1 aromatic rings. The molecule has 0 spiro atoms. The van der Waals surface area contributed by atoms with E-state index >= 15 is 0 Å². The molecule has 1 heterocycles. The van der Waals surface area contributed by atoms with Crippen LogP contribution in [0.3, 0.4) is 0 Å². The van der Waals surface area contributed by atoms with Crippen molar-refractivity contribution in [2.45, 2.75) is 162 Å². The van der Waals surface area contributed by atoms with Crippen LogP contribution in [0.5, 0.6) is 0 Å². The molecule has 0 bridgehead atoms. The molecule has 0 saturated heterocycles. The molecule has 0 fully saturated rings. The number of hydrogen-bond donors (Lipinski definition) is 0. The molecule has 180 valence electrons. The highest BCUT2D eigenvalue weighted by atomic mass is 14.9. The minimum absolute atomic E-state index is 1.20. The number of unbranched alkanes of at least 4 members (excludes halogenated alkanes) is 19. The topological polar surface area (TPSA) is 3.88 Å². The van der Waals surface area contributed by atoms with E-state index < -0.39 is 0 Å². The van der Waals surface area contributed by atoms with Crippen LogP contribution >= 0.6 is 0 Å². The van der Waals surface area contributed by atoms with Gasteiger partial charge in [-0.3, -0.25) is 0 Å². The van der Waals surface area contributed by atoms with E-state index in [9.17, 15) is 0 Å². The van der Waals surface area contributed by atoms with Gasteiger partial charge >= 0.3 is 0 Å². The zero-order valence-corrected chi connectivity index (χ0v) is 21.5. The zero-order chi connectivity index (χ0) is 22.2. The molecule has 1 aromatic heterocycles. The van der Waals surface area contributed by atoms with Crippen molar-refractivity contribution < 1.29 is 4.57 Å². The summed E-state index contributed by atoms with van der Waals surface area (Å²) in [7, 11) is 0. The van der Waals surface area contributed by atoms with Crippen LogP contribution in [0.2, 0.25) is 0 Å². The fourth-order valence-corrected chi connectivity index (χ4v) is 4.64. The Morgan fingerprint density at radius 2 is 0.935 bits per heavy atom. The average Bonchev–Trinajstić information content (AvgIpc) is 2.79. The molecule has 0 saturated carbocycles. The lowest BCUT2D eigenvalue weighted by molar-refractivity contribution is -0.697. The van der Waals surface area contributed by atoms with Gasteiger partial charge in [-0.2, -0.15) is 0 Å². The Bertz CT molecular complexity index is 481. The van der Waals surface area contributed by atoms with Crippen molar-refractivity contribution in [2.75, 3.05) is 0 Å². The summed E-state index contributed by atoms with van der Waals surface area (Å²) in [6.45, 7) is 5.79. The van der Waals surface area contributed by atoms with Gasteiger partial charge in [-0.05, 0) is 25.3 Å². The Hall–Kier alpha value is -0.850. The summed E-state index contributed by atoms with van der Waals surface area (Å²) in [6, 6.07) is 4.58. The van der Waals surface area contributed by atoms with Crippen LogP contribution in [0.15, 0.2) is 24.5 Å². The van der Waals surface area contributed by atoms with Crippen LogP contribution in [0.4, 0.5) is 0 Å². The fraction of sp³-hybridized carbons (Fsp3) is 0.833. The molecule has 0 N–H and O–H groups in total. The van der Waals surface area contributed by atoms with Gasteiger partial charge in [-0.15, -0.1) is 0 Å². The normalized spacial score (nSPS) is 11.3. The van der Waals surface area contributed by atoms with Gasteiger partial charge in [-0.1, -0.05) is 129 Å². The number of rotatable bonds is 23. The molecule has 1 rings (SSSR count). The van der Waals surface area contributed by atoms with Crippen LogP contribution in [0, 0.1) is 0 Å². The summed E-state index contributed by atoms with van der Waals surface area (Å²) in [5, 5.41) is 0. The summed E-state index contributed by atoms with van der Waals surface area (Å²) >= 11 is 0. The highest BCUT2D eigenvalue weighted by Crippen LogP contribution is 2.13. The molecular formula is C30H56N+. The van der Waals surface area contributed by atoms with Crippen LogP contribution in [0.25, 0.3) is 0 Å². The third-order valence-corrected chi connectivity index (χ3v) is 6.76. The Labute approximate surface area is 196 Å². The van der Waals surface area contributed by atoms with Crippen molar-refractivity contribution in [3.8, 4) is 0 Å². The fourth-order valence-electron chi connectivity index (χ4n) is 4.64. The monoisotopic (exact) mass is 430 g/mol. The number of aryl methyl sites for hydroxylation is 2. The molecule has 0 amide bonds. The van der Waals surface area contributed by atoms with Crippen molar-refractivity contribution in [1.29, 1.82) is 0 Å². The van der Waals surface area contributed by atoms with Gasteiger partial charge in [0.25, 0.3) is 0 Å². The zero-order valence-electron chi connectivity index (χ0n) is 21.5. The SMILES string of the molecule is CCCCCCCCCCCCCCCc1ccc[n+](CCCCCCCCCC)c1. The summed E-state index contributed by atoms with van der Waals surface area (Å²) in [4.78, 5) is 0. The van der Waals surface area contributed by atoms with Crippen LogP contribution in [0.1, 0.15) is 154 Å². The Balaban J connectivity index is 1.93. The lowest BCUT2D eigenvalue weighted by Gasteiger charge is -2.04. The minimum atomic E-state index is 1.20. The highest BCUT2D eigenvalue weighted by molar-refractivity contribution is 5.05. The van der Waals surface area contributed by atoms with E-state index in [2.05, 4.69) is 42.9 Å². The molecule has 0 aliphatic carbocycles. The first-order valence-electron chi connectivity index (χ1n) is 14.3. The van der Waals surface area contributed by atoms with E-state index in [0.29, 0.717) is 0 Å². The summed E-state index contributed by atoms with van der Waals surface area (Å²) in [5.74, 6) is 0. The Kier molecular flexibility index (Phi) is 20.3. The van der Waals surface area contributed by atoms with Gasteiger partial charge < -0.3 is 0 Å². The quantitative estimate of drug-likeness (QED) is 0.120. The van der Waals surface area contributed by atoms with E-state index in [0.717, 1.165) is 0 Å². The molecule has 1 nitrogen and oxygen atoms in total. The Morgan fingerprint density at radius 1 is 0.516 bits per heavy atom. The highest BCUT2D eigenvalue weighted by Gasteiger charge is 2.03. The lowest BCUT2D eigenvalue weighted by Crippen LogP contribution is -2.33. The second kappa shape index (κ2) is 22.3. The smallest absolute Gasteiger partial charge is 0.171 e. The molecule has 0 atom stereocenters. The number of pyridine rings is 1. The maximum absolute atomic E-state index is 2.43. The van der Waals surface area contributed by atoms with Gasteiger partial charge in [0.1, 0.15) is 6.54 Å². The van der Waals surface area contributed by atoms with E-state index in [-0.39, 0.29) is 0 Å². The van der Waals surface area contributed by atoms with E-state index in [1.165, 1.54) is 153 Å². The first-order valence-corrected chi connectivity index (χ1v) is 14.3. The molecule has 0 radical (unpaired) electrons. The third kappa shape index (κ3) is 18.4. The third-order valence-electron chi connectivity index (χ3n) is 6.76. The van der Waals surface area contributed by atoms with Crippen molar-refractivity contribution in [2.24, 2.45) is 0 Å². The van der Waals surface area contributed by atoms with Gasteiger partial charge in [0, 0.05) is 18.1 Å². The molecule has 0 aliphatic rings. The first-order chi connectivity index (χ1) is 15.4. The largest absolute Gasteiger partial charge is 0.205 e. The average molecular weight is 431 g/mol. The maximum Gasteiger partial charge on any atom is 0.171 e. The van der Waals surface area contributed by atoms with Gasteiger partial charge in [0.15, 0.2) is 12.4 Å². The van der Waals surface area contributed by atoms with Crippen molar-refractivity contribution in [3.05, 3.63) is 30.1 Å². The van der Waals surface area contributed by atoms with E-state index in [1.807, 2.05) is 0 Å². The standard InChI is InChI=1S/C30H56N/c1-3-5-7-9-11-13-14-15-16-17-18-20-22-25-30-26-24-28-31(29-30)27-23-21-19-12-10-8-6-4-2/h24,26,28-29H,3-23,25,27H2,1-2H3/q+1. The molecule has 31 heavy (non-hydrogen) atoms. The van der Waals surface area contributed by atoms with E-state index in [1.54, 1.807) is 0 Å². The number of aromatic nitrogens is 1. The second-order valence-electron chi connectivity index (χ2n) is 9.92. The summed E-state index contributed by atoms with van der Waals surface area (Å²) < 4.78 is 2.43. The van der Waals surface area contributed by atoms with E-state index in [4.69, 9.17) is 0 Å². The van der Waals surface area contributed by atoms with Crippen LogP contribution in [-0.2, 0) is 13.0 Å². The second-order valence-corrected chi connectivity index (χ2v) is 9.92. The summed E-state index contributed by atoms with van der Waals surface area (Å²) in [5.41, 5.74) is 1.53. The molecule has 0 aromatic carbocycles. The predicted molar refractivity (Wildman–Crippen MR) is 139 cm³/mol. The van der Waals surface area contributed by atoms with Gasteiger partial charge in [0.05, 0.1) is 0 Å². The van der Waals surface area contributed by atoms with Crippen molar-refractivity contribution >= 4 is 0 Å². The maximum atomic E-state index is 2.43. The lowest BCUT2D eigenvalue weighted by atomic mass is 10.0. The summed E-state index contributed by atoms with van der Waals surface area (Å²) in [6.07, 6.45) is 35.8.